The van der Waals surface area contributed by atoms with Crippen LogP contribution >= 0.6 is 0 Å². The number of hydrogen-bond donors (Lipinski definition) is 6. The summed E-state index contributed by atoms with van der Waals surface area (Å²) in [5.74, 6) is 0.673. The summed E-state index contributed by atoms with van der Waals surface area (Å²) >= 11 is 0. The molecule has 0 amide bonds. The van der Waals surface area contributed by atoms with E-state index in [4.69, 9.17) is 9.47 Å². The Morgan fingerprint density at radius 3 is 1.27 bits per heavy atom. The molecule has 0 aromatic carbocycles. The van der Waals surface area contributed by atoms with Gasteiger partial charge in [0.15, 0.2) is 0 Å². The number of esters is 2. The second-order valence-electron chi connectivity index (χ2n) is 17.1. The first-order chi connectivity index (χ1) is 26.3. The van der Waals surface area contributed by atoms with E-state index in [1.54, 1.807) is 13.8 Å². The molecule has 0 aliphatic carbocycles. The number of carbonyl (C=O) groups is 2. The smallest absolute Gasteiger partial charge is 0.349 e. The Bertz CT molecular complexity index is 1530. The summed E-state index contributed by atoms with van der Waals surface area (Å²) in [6.45, 7) is 22.8. The first kappa shape index (κ1) is 44.1. The van der Waals surface area contributed by atoms with E-state index in [0.29, 0.717) is 36.9 Å². The number of hydrogen-bond acceptors (Lipinski definition) is 18. The fourth-order valence-electron chi connectivity index (χ4n) is 7.93. The van der Waals surface area contributed by atoms with E-state index in [1.807, 2.05) is 0 Å². The highest BCUT2D eigenvalue weighted by atomic mass is 16.5. The van der Waals surface area contributed by atoms with Gasteiger partial charge in [0.25, 0.3) is 11.9 Å². The van der Waals surface area contributed by atoms with Gasteiger partial charge >= 0.3 is 11.9 Å². The second kappa shape index (κ2) is 19.5. The lowest BCUT2D eigenvalue weighted by Crippen LogP contribution is -2.60. The summed E-state index contributed by atoms with van der Waals surface area (Å²) in [5.41, 5.74) is -0.261. The molecule has 4 rings (SSSR count). The number of piperidine rings is 2. The standard InChI is InChI=1S/C38H64N14O4/c1-11-55-27(53)23-41-31-45-29(47-33(49-31)43-25-19-35(3,4)51-36(5,6)20-25)39-17-15-13-14-16-18-40-30-46-32(42-24-28(54)56-12-2)50-34(48-30)44-26-21-37(7,8)52-38(9,10)22-26/h23-26,51-52H,11-22H2,1-10H3,(H2,39,43,45,47,49)(H2,40,44,46,48,50). The number of rotatable bonds is 19. The van der Waals surface area contributed by atoms with E-state index in [9.17, 15) is 9.59 Å². The number of carbonyl (C=O) groups excluding carboxylic acids is 2. The second-order valence-corrected chi connectivity index (χ2v) is 17.1. The first-order valence-corrected chi connectivity index (χ1v) is 19.9. The van der Waals surface area contributed by atoms with Gasteiger partial charge in [-0.1, -0.05) is 12.8 Å². The van der Waals surface area contributed by atoms with E-state index in [1.165, 1.54) is 0 Å². The van der Waals surface area contributed by atoms with Crippen LogP contribution < -0.4 is 31.9 Å². The molecule has 2 aromatic rings. The molecule has 2 saturated heterocycles. The molecular formula is C38H64N14O4. The summed E-state index contributed by atoms with van der Waals surface area (Å²) in [5, 5.41) is 21.0. The number of aliphatic imine (C=N–C) groups is 2. The first-order valence-electron chi connectivity index (χ1n) is 19.9. The van der Waals surface area contributed by atoms with Crippen molar-refractivity contribution in [2.75, 3.05) is 47.6 Å². The third-order valence-electron chi connectivity index (χ3n) is 9.11. The number of anilines is 4. The van der Waals surface area contributed by atoms with Crippen molar-refractivity contribution < 1.29 is 19.1 Å². The molecule has 0 unspecified atom stereocenters. The number of nitrogens with one attached hydrogen (secondary N) is 6. The van der Waals surface area contributed by atoms with Crippen LogP contribution in [0.3, 0.4) is 0 Å². The third kappa shape index (κ3) is 15.5. The molecule has 18 heteroatoms. The van der Waals surface area contributed by atoms with Gasteiger partial charge in [-0.05, 0) is 108 Å². The molecule has 2 aliphatic heterocycles. The molecule has 2 aliphatic rings. The van der Waals surface area contributed by atoms with Crippen LogP contribution in [0.4, 0.5) is 35.7 Å². The predicted octanol–water partition coefficient (Wildman–Crippen LogP) is 5.11. The van der Waals surface area contributed by atoms with Crippen LogP contribution in [0.2, 0.25) is 0 Å². The molecule has 18 nitrogen and oxygen atoms in total. The van der Waals surface area contributed by atoms with Gasteiger partial charge in [0.1, 0.15) is 12.4 Å². The molecule has 2 fully saturated rings. The van der Waals surface area contributed by atoms with Crippen molar-refractivity contribution in [3.05, 3.63) is 0 Å². The number of unbranched alkanes of at least 4 members (excludes halogenated alkanes) is 3. The van der Waals surface area contributed by atoms with Crippen LogP contribution in [-0.2, 0) is 19.1 Å². The van der Waals surface area contributed by atoms with Crippen molar-refractivity contribution in [3.63, 3.8) is 0 Å². The predicted molar refractivity (Wildman–Crippen MR) is 221 cm³/mol. The highest BCUT2D eigenvalue weighted by Gasteiger charge is 2.39. The summed E-state index contributed by atoms with van der Waals surface area (Å²) in [6.07, 6.45) is 9.36. The van der Waals surface area contributed by atoms with Crippen molar-refractivity contribution in [1.82, 2.24) is 40.5 Å². The van der Waals surface area contributed by atoms with Crippen LogP contribution in [0.1, 0.15) is 121 Å². The monoisotopic (exact) mass is 781 g/mol. The Labute approximate surface area is 331 Å². The van der Waals surface area contributed by atoms with Crippen LogP contribution in [0.5, 0.6) is 0 Å². The molecule has 0 spiro atoms. The van der Waals surface area contributed by atoms with Crippen molar-refractivity contribution in [1.29, 1.82) is 0 Å². The lowest BCUT2D eigenvalue weighted by atomic mass is 9.79. The zero-order chi connectivity index (χ0) is 41.0. The molecule has 2 aromatic heterocycles. The Morgan fingerprint density at radius 1 is 0.589 bits per heavy atom. The van der Waals surface area contributed by atoms with E-state index in [-0.39, 0.29) is 59.3 Å². The fourth-order valence-corrected chi connectivity index (χ4v) is 7.93. The highest BCUT2D eigenvalue weighted by molar-refractivity contribution is 6.24. The summed E-state index contributed by atoms with van der Waals surface area (Å²) in [7, 11) is 0. The zero-order valence-electron chi connectivity index (χ0n) is 35.0. The van der Waals surface area contributed by atoms with E-state index >= 15 is 0 Å². The van der Waals surface area contributed by atoms with Gasteiger partial charge in [0.05, 0.1) is 13.2 Å². The van der Waals surface area contributed by atoms with Crippen molar-refractivity contribution in [2.45, 2.75) is 155 Å². The maximum atomic E-state index is 11.9. The Kier molecular flexibility index (Phi) is 15.4. The molecular weight excluding hydrogens is 717 g/mol. The van der Waals surface area contributed by atoms with Gasteiger partial charge in [0, 0.05) is 47.3 Å². The average Bonchev–Trinajstić information content (AvgIpc) is 3.05. The fraction of sp³-hybridized carbons (Fsp3) is 0.737. The van der Waals surface area contributed by atoms with E-state index < -0.39 is 11.9 Å². The largest absolute Gasteiger partial charge is 0.462 e. The minimum absolute atomic E-state index is 0.0653. The lowest BCUT2D eigenvalue weighted by molar-refractivity contribution is -0.135. The molecule has 56 heavy (non-hydrogen) atoms. The Hall–Kier alpha value is -4.58. The Morgan fingerprint density at radius 2 is 0.929 bits per heavy atom. The molecule has 0 radical (unpaired) electrons. The van der Waals surface area contributed by atoms with Gasteiger partial charge in [-0.15, -0.1) is 0 Å². The molecule has 0 saturated carbocycles. The SMILES string of the molecule is CCOC(=O)C=Nc1nc(NCCCCCCNc2nc(N=CC(=O)OCC)nc(NC3CC(C)(C)NC(C)(C)C3)n2)nc(NC2CC(C)(C)NC(C)(C)C2)n1. The summed E-state index contributed by atoms with van der Waals surface area (Å²) in [6, 6.07) is 0.260. The van der Waals surface area contributed by atoms with Crippen LogP contribution in [0.25, 0.3) is 0 Å². The van der Waals surface area contributed by atoms with Crippen LogP contribution in [0, 0.1) is 0 Å². The number of aromatic nitrogens is 6. The van der Waals surface area contributed by atoms with Crippen molar-refractivity contribution in [2.24, 2.45) is 9.98 Å². The van der Waals surface area contributed by atoms with Gasteiger partial charge in [-0.2, -0.15) is 29.9 Å². The Balaban J connectivity index is 1.31. The van der Waals surface area contributed by atoms with Gasteiger partial charge in [-0.25, -0.2) is 19.6 Å². The minimum Gasteiger partial charge on any atom is -0.462 e. The summed E-state index contributed by atoms with van der Waals surface area (Å²) in [4.78, 5) is 59.3. The lowest BCUT2D eigenvalue weighted by Gasteiger charge is -2.46. The topological polar surface area (TPSA) is 227 Å². The van der Waals surface area contributed by atoms with Crippen LogP contribution in [-0.4, -0.2) is 115 Å². The number of nitrogens with zero attached hydrogens (tertiary/aromatic N) is 8. The van der Waals surface area contributed by atoms with E-state index in [2.05, 4.69) is 127 Å². The average molecular weight is 781 g/mol. The highest BCUT2D eigenvalue weighted by Crippen LogP contribution is 2.31. The maximum Gasteiger partial charge on any atom is 0.349 e. The third-order valence-corrected chi connectivity index (χ3v) is 9.11. The van der Waals surface area contributed by atoms with Crippen molar-refractivity contribution in [3.8, 4) is 0 Å². The number of ether oxygens (including phenoxy) is 2. The van der Waals surface area contributed by atoms with Gasteiger partial charge in [0.2, 0.25) is 23.8 Å². The minimum atomic E-state index is -0.561. The zero-order valence-corrected chi connectivity index (χ0v) is 35.0. The van der Waals surface area contributed by atoms with Crippen molar-refractivity contribution >= 4 is 60.1 Å². The normalized spacial score (nSPS) is 19.1. The van der Waals surface area contributed by atoms with Crippen LogP contribution in [0.15, 0.2) is 9.98 Å². The summed E-state index contributed by atoms with van der Waals surface area (Å²) < 4.78 is 9.95. The van der Waals surface area contributed by atoms with Gasteiger partial charge in [-0.3, -0.25) is 0 Å². The maximum absolute atomic E-state index is 11.9. The molecule has 4 heterocycles. The van der Waals surface area contributed by atoms with E-state index in [0.717, 1.165) is 63.8 Å². The molecule has 6 N–H and O–H groups in total. The molecule has 310 valence electrons. The van der Waals surface area contributed by atoms with Gasteiger partial charge < -0.3 is 41.4 Å². The quantitative estimate of drug-likeness (QED) is 0.0618. The molecule has 0 atom stereocenters. The molecule has 0 bridgehead atoms.